The molecule has 0 spiro atoms. The quantitative estimate of drug-likeness (QED) is 0.917. The van der Waals surface area contributed by atoms with Gasteiger partial charge in [-0.1, -0.05) is 6.07 Å². The summed E-state index contributed by atoms with van der Waals surface area (Å²) in [6.45, 7) is 0.941. The van der Waals surface area contributed by atoms with Gasteiger partial charge in [-0.3, -0.25) is 4.90 Å². The van der Waals surface area contributed by atoms with Gasteiger partial charge in [-0.15, -0.1) is 11.3 Å². The van der Waals surface area contributed by atoms with Crippen LogP contribution < -0.4 is 5.73 Å². The van der Waals surface area contributed by atoms with E-state index < -0.39 is 11.6 Å². The molecule has 1 heterocycles. The van der Waals surface area contributed by atoms with Crippen LogP contribution in [0.1, 0.15) is 17.3 Å². The summed E-state index contributed by atoms with van der Waals surface area (Å²) in [5.41, 5.74) is 9.11. The van der Waals surface area contributed by atoms with Crippen molar-refractivity contribution in [1.29, 1.82) is 0 Å². The van der Waals surface area contributed by atoms with Gasteiger partial charge in [0.25, 0.3) is 0 Å². The topological polar surface area (TPSA) is 42.2 Å². The lowest BCUT2D eigenvalue weighted by Gasteiger charge is -2.26. The standard InChI is InChI=1S/C13H15F2N3S/c1-18(6-10-7-19-8-17-10)13(5-16)9-2-3-11(14)12(15)4-9/h2-4,7-8,13H,5-6,16H2,1H3. The van der Waals surface area contributed by atoms with Crippen LogP contribution >= 0.6 is 11.3 Å². The minimum absolute atomic E-state index is 0.170. The number of nitrogens with two attached hydrogens (primary N) is 1. The van der Waals surface area contributed by atoms with E-state index in [4.69, 9.17) is 5.73 Å². The molecule has 0 aliphatic rings. The number of nitrogens with zero attached hydrogens (tertiary/aromatic N) is 2. The molecule has 19 heavy (non-hydrogen) atoms. The number of hydrogen-bond donors (Lipinski definition) is 1. The van der Waals surface area contributed by atoms with Gasteiger partial charge in [0.05, 0.1) is 11.2 Å². The molecule has 0 saturated carbocycles. The fourth-order valence-electron chi connectivity index (χ4n) is 1.97. The highest BCUT2D eigenvalue weighted by atomic mass is 32.1. The molecule has 0 bridgehead atoms. The molecule has 2 N–H and O–H groups in total. The first kappa shape index (κ1) is 14.0. The van der Waals surface area contributed by atoms with Crippen molar-refractivity contribution >= 4 is 11.3 Å². The summed E-state index contributed by atoms with van der Waals surface area (Å²) < 4.78 is 26.2. The molecular formula is C13H15F2N3S. The maximum absolute atomic E-state index is 13.3. The van der Waals surface area contributed by atoms with Crippen LogP contribution in [0.4, 0.5) is 8.78 Å². The number of aromatic nitrogens is 1. The fraction of sp³-hybridized carbons (Fsp3) is 0.308. The molecule has 0 fully saturated rings. The molecule has 1 aromatic carbocycles. The van der Waals surface area contributed by atoms with E-state index in [-0.39, 0.29) is 6.04 Å². The number of hydrogen-bond acceptors (Lipinski definition) is 4. The van der Waals surface area contributed by atoms with E-state index in [0.29, 0.717) is 18.7 Å². The Kier molecular flexibility index (Phi) is 4.57. The van der Waals surface area contributed by atoms with Gasteiger partial charge >= 0.3 is 0 Å². The fourth-order valence-corrected chi connectivity index (χ4v) is 2.52. The van der Waals surface area contributed by atoms with Crippen molar-refractivity contribution in [3.63, 3.8) is 0 Å². The Morgan fingerprint density at radius 1 is 1.37 bits per heavy atom. The summed E-state index contributed by atoms with van der Waals surface area (Å²) in [6.07, 6.45) is 0. The summed E-state index contributed by atoms with van der Waals surface area (Å²) in [4.78, 5) is 6.17. The predicted molar refractivity (Wildman–Crippen MR) is 71.7 cm³/mol. The molecule has 0 aliphatic heterocycles. The lowest BCUT2D eigenvalue weighted by atomic mass is 10.1. The normalized spacial score (nSPS) is 12.9. The van der Waals surface area contributed by atoms with E-state index in [0.717, 1.165) is 11.8 Å². The Morgan fingerprint density at radius 2 is 2.16 bits per heavy atom. The molecule has 2 aromatic rings. The summed E-state index contributed by atoms with van der Waals surface area (Å²) >= 11 is 1.52. The van der Waals surface area contributed by atoms with Crippen molar-refractivity contribution < 1.29 is 8.78 Å². The third-order valence-corrected chi connectivity index (χ3v) is 3.61. The highest BCUT2D eigenvalue weighted by molar-refractivity contribution is 7.07. The number of rotatable bonds is 5. The van der Waals surface area contributed by atoms with E-state index in [1.807, 2.05) is 17.3 Å². The van der Waals surface area contributed by atoms with Crippen LogP contribution in [0.2, 0.25) is 0 Å². The smallest absolute Gasteiger partial charge is 0.159 e. The van der Waals surface area contributed by atoms with Crippen LogP contribution in [0.15, 0.2) is 29.1 Å². The molecule has 3 nitrogen and oxygen atoms in total. The van der Waals surface area contributed by atoms with E-state index in [1.54, 1.807) is 11.6 Å². The third kappa shape index (κ3) is 3.34. The summed E-state index contributed by atoms with van der Waals surface area (Å²) in [7, 11) is 1.89. The van der Waals surface area contributed by atoms with Gasteiger partial charge in [0, 0.05) is 24.5 Å². The number of halogens is 2. The first-order valence-electron chi connectivity index (χ1n) is 5.84. The average molecular weight is 283 g/mol. The van der Waals surface area contributed by atoms with Gasteiger partial charge in [0.2, 0.25) is 0 Å². The van der Waals surface area contributed by atoms with Crippen molar-refractivity contribution in [2.45, 2.75) is 12.6 Å². The first-order chi connectivity index (χ1) is 9.11. The van der Waals surface area contributed by atoms with Gasteiger partial charge in [0.15, 0.2) is 11.6 Å². The summed E-state index contributed by atoms with van der Waals surface area (Å²) in [5.74, 6) is -1.69. The van der Waals surface area contributed by atoms with E-state index in [9.17, 15) is 8.78 Å². The molecule has 0 saturated heterocycles. The summed E-state index contributed by atoms with van der Waals surface area (Å²) in [6, 6.07) is 3.72. The molecule has 1 atom stereocenters. The second-order valence-corrected chi connectivity index (χ2v) is 5.04. The second-order valence-electron chi connectivity index (χ2n) is 4.32. The van der Waals surface area contributed by atoms with Gasteiger partial charge in [0.1, 0.15) is 0 Å². The van der Waals surface area contributed by atoms with Gasteiger partial charge < -0.3 is 5.73 Å². The molecule has 0 radical (unpaired) electrons. The van der Waals surface area contributed by atoms with Crippen LogP contribution in [-0.2, 0) is 6.54 Å². The number of benzene rings is 1. The zero-order valence-corrected chi connectivity index (χ0v) is 11.3. The lowest BCUT2D eigenvalue weighted by molar-refractivity contribution is 0.239. The molecule has 0 amide bonds. The zero-order valence-electron chi connectivity index (χ0n) is 10.5. The van der Waals surface area contributed by atoms with Gasteiger partial charge in [-0.25, -0.2) is 13.8 Å². The molecule has 102 valence electrons. The van der Waals surface area contributed by atoms with Crippen molar-refractivity contribution in [3.05, 3.63) is 52.0 Å². The highest BCUT2D eigenvalue weighted by Crippen LogP contribution is 2.22. The Hall–Kier alpha value is -1.37. The van der Waals surface area contributed by atoms with Crippen LogP contribution in [0.5, 0.6) is 0 Å². The van der Waals surface area contributed by atoms with Gasteiger partial charge in [-0.05, 0) is 24.7 Å². The zero-order chi connectivity index (χ0) is 13.8. The Morgan fingerprint density at radius 3 is 2.74 bits per heavy atom. The largest absolute Gasteiger partial charge is 0.329 e. The second kappa shape index (κ2) is 6.18. The molecule has 1 aromatic heterocycles. The Balaban J connectivity index is 2.16. The Labute approximate surface area is 114 Å². The monoisotopic (exact) mass is 283 g/mol. The average Bonchev–Trinajstić information content (AvgIpc) is 2.87. The molecule has 2 rings (SSSR count). The molecular weight excluding hydrogens is 268 g/mol. The summed E-state index contributed by atoms with van der Waals surface area (Å²) in [5, 5.41) is 1.95. The maximum atomic E-state index is 13.3. The van der Waals surface area contributed by atoms with Crippen molar-refractivity contribution in [3.8, 4) is 0 Å². The number of likely N-dealkylation sites (N-methyl/N-ethyl adjacent to an activating group) is 1. The highest BCUT2D eigenvalue weighted by Gasteiger charge is 2.17. The third-order valence-electron chi connectivity index (χ3n) is 2.98. The Bertz CT molecular complexity index is 531. The first-order valence-corrected chi connectivity index (χ1v) is 6.78. The lowest BCUT2D eigenvalue weighted by Crippen LogP contribution is -2.30. The van der Waals surface area contributed by atoms with Crippen LogP contribution in [-0.4, -0.2) is 23.5 Å². The maximum Gasteiger partial charge on any atom is 0.159 e. The molecule has 0 aliphatic carbocycles. The van der Waals surface area contributed by atoms with Crippen molar-refractivity contribution in [2.24, 2.45) is 5.73 Å². The van der Waals surface area contributed by atoms with Crippen LogP contribution in [0.3, 0.4) is 0 Å². The van der Waals surface area contributed by atoms with Crippen LogP contribution in [0, 0.1) is 11.6 Å². The molecule has 6 heteroatoms. The van der Waals surface area contributed by atoms with E-state index >= 15 is 0 Å². The minimum Gasteiger partial charge on any atom is -0.329 e. The van der Waals surface area contributed by atoms with Crippen molar-refractivity contribution in [1.82, 2.24) is 9.88 Å². The minimum atomic E-state index is -0.849. The predicted octanol–water partition coefficient (Wildman–Crippen LogP) is 2.55. The van der Waals surface area contributed by atoms with E-state index in [1.165, 1.54) is 17.4 Å². The van der Waals surface area contributed by atoms with E-state index in [2.05, 4.69) is 4.98 Å². The molecule has 1 unspecified atom stereocenters. The van der Waals surface area contributed by atoms with Crippen molar-refractivity contribution in [2.75, 3.05) is 13.6 Å². The number of thiazole rings is 1. The van der Waals surface area contributed by atoms with Gasteiger partial charge in [-0.2, -0.15) is 0 Å². The van der Waals surface area contributed by atoms with Crippen LogP contribution in [0.25, 0.3) is 0 Å². The SMILES string of the molecule is CN(Cc1cscn1)C(CN)c1ccc(F)c(F)c1.